The lowest BCUT2D eigenvalue weighted by molar-refractivity contribution is -0.387. The number of hydrogen-bond donors (Lipinski definition) is 1. The maximum absolute atomic E-state index is 11.6. The number of fused-ring (bicyclic) bond motifs is 4. The molecule has 0 unspecified atom stereocenters. The quantitative estimate of drug-likeness (QED) is 0.195. The van der Waals surface area contributed by atoms with E-state index in [1.54, 1.807) is 12.1 Å². The lowest BCUT2D eigenvalue weighted by atomic mass is 9.95. The molecule has 13 heteroatoms. The van der Waals surface area contributed by atoms with E-state index < -0.39 is 36.8 Å². The average Bonchev–Trinajstić information content (AvgIpc) is 2.78. The van der Waals surface area contributed by atoms with E-state index in [0.717, 1.165) is 12.1 Å². The van der Waals surface area contributed by atoms with Crippen LogP contribution in [-0.2, 0) is 0 Å². The first-order chi connectivity index (χ1) is 16.6. The first-order valence-electron chi connectivity index (χ1n) is 9.78. The van der Waals surface area contributed by atoms with Gasteiger partial charge in [-0.2, -0.15) is 0 Å². The number of benzene rings is 5. The van der Waals surface area contributed by atoms with Crippen LogP contribution in [0, 0.1) is 40.5 Å². The molecule has 0 aliphatic rings. The Hall–Kier alpha value is -5.46. The molecule has 0 atom stereocenters. The molecular formula is C22H10N4O9. The van der Waals surface area contributed by atoms with Crippen LogP contribution in [0.4, 0.5) is 22.7 Å². The average molecular weight is 474 g/mol. The Labute approximate surface area is 192 Å². The predicted molar refractivity (Wildman–Crippen MR) is 125 cm³/mol. The van der Waals surface area contributed by atoms with Gasteiger partial charge < -0.3 is 5.11 Å². The van der Waals surface area contributed by atoms with Gasteiger partial charge in [0.25, 0.3) is 17.1 Å². The zero-order valence-corrected chi connectivity index (χ0v) is 17.2. The van der Waals surface area contributed by atoms with Crippen LogP contribution in [0.2, 0.25) is 0 Å². The fourth-order valence-electron chi connectivity index (χ4n) is 4.35. The second-order valence-corrected chi connectivity index (χ2v) is 7.74. The van der Waals surface area contributed by atoms with Gasteiger partial charge >= 0.3 is 5.69 Å². The Morgan fingerprint density at radius 3 is 1.23 bits per heavy atom. The molecule has 0 bridgehead atoms. The van der Waals surface area contributed by atoms with Crippen LogP contribution in [0.5, 0.6) is 5.75 Å². The fourth-order valence-corrected chi connectivity index (χ4v) is 4.35. The monoisotopic (exact) mass is 474 g/mol. The van der Waals surface area contributed by atoms with Gasteiger partial charge in [-0.15, -0.1) is 0 Å². The van der Waals surface area contributed by atoms with Gasteiger partial charge in [-0.25, -0.2) is 0 Å². The van der Waals surface area contributed by atoms with E-state index in [1.807, 2.05) is 0 Å². The number of rotatable bonds is 4. The van der Waals surface area contributed by atoms with Gasteiger partial charge in [-0.1, -0.05) is 0 Å². The number of nitro groups is 4. The van der Waals surface area contributed by atoms with Gasteiger partial charge in [0.2, 0.25) is 5.75 Å². The minimum absolute atomic E-state index is 0.0381. The second kappa shape index (κ2) is 7.28. The lowest BCUT2D eigenvalue weighted by Gasteiger charge is -2.09. The standard InChI is InChI=1S/C22H10N4O9/c27-21-9-20(25(32)33)16-7-12-3-10-5-14-15(19(24(30)31)2-1-18(14)23(28)29)6-11(10)4-13(12)8-17(16)22(21)26(34)35/h1-9,27H. The molecular weight excluding hydrogens is 464 g/mol. The van der Waals surface area contributed by atoms with Crippen LogP contribution in [0.25, 0.3) is 43.1 Å². The molecule has 0 fully saturated rings. The topological polar surface area (TPSA) is 193 Å². The van der Waals surface area contributed by atoms with Gasteiger partial charge in [0.1, 0.15) is 0 Å². The number of phenols is 1. The minimum Gasteiger partial charge on any atom is -0.502 e. The Kier molecular flexibility index (Phi) is 4.45. The Balaban J connectivity index is 1.94. The highest BCUT2D eigenvalue weighted by atomic mass is 16.6. The van der Waals surface area contributed by atoms with E-state index in [-0.39, 0.29) is 32.9 Å². The lowest BCUT2D eigenvalue weighted by Crippen LogP contribution is -1.96. The largest absolute Gasteiger partial charge is 0.502 e. The summed E-state index contributed by atoms with van der Waals surface area (Å²) < 4.78 is 0. The molecule has 0 heterocycles. The van der Waals surface area contributed by atoms with E-state index in [9.17, 15) is 45.6 Å². The van der Waals surface area contributed by atoms with Crippen LogP contribution in [0.1, 0.15) is 0 Å². The molecule has 0 aliphatic carbocycles. The molecule has 0 amide bonds. The first kappa shape index (κ1) is 21.4. The van der Waals surface area contributed by atoms with Crippen molar-refractivity contribution >= 4 is 65.8 Å². The Morgan fingerprint density at radius 1 is 0.486 bits per heavy atom. The van der Waals surface area contributed by atoms with Crippen LogP contribution < -0.4 is 0 Å². The number of hydrogen-bond acceptors (Lipinski definition) is 9. The molecule has 172 valence electrons. The smallest absolute Gasteiger partial charge is 0.318 e. The molecule has 0 aromatic heterocycles. The van der Waals surface area contributed by atoms with E-state index in [1.165, 1.54) is 24.3 Å². The zero-order chi connectivity index (χ0) is 25.2. The first-order valence-corrected chi connectivity index (χ1v) is 9.78. The molecule has 0 saturated heterocycles. The highest BCUT2D eigenvalue weighted by molar-refractivity contribution is 6.13. The molecule has 0 radical (unpaired) electrons. The number of phenolic OH excluding ortho intramolecular Hbond substituents is 1. The summed E-state index contributed by atoms with van der Waals surface area (Å²) in [4.78, 5) is 43.2. The van der Waals surface area contributed by atoms with Crippen LogP contribution >= 0.6 is 0 Å². The molecule has 0 saturated carbocycles. The third-order valence-corrected chi connectivity index (χ3v) is 5.84. The Bertz CT molecular complexity index is 1830. The fraction of sp³-hybridized carbons (Fsp3) is 0. The summed E-state index contributed by atoms with van der Waals surface area (Å²) >= 11 is 0. The van der Waals surface area contributed by atoms with Gasteiger partial charge in [0, 0.05) is 12.1 Å². The molecule has 5 aromatic rings. The van der Waals surface area contributed by atoms with Crippen molar-refractivity contribution in [3.63, 3.8) is 0 Å². The van der Waals surface area contributed by atoms with Crippen molar-refractivity contribution in [3.8, 4) is 5.75 Å². The van der Waals surface area contributed by atoms with Crippen LogP contribution in [0.3, 0.4) is 0 Å². The van der Waals surface area contributed by atoms with Crippen molar-refractivity contribution in [3.05, 3.63) is 95.1 Å². The van der Waals surface area contributed by atoms with E-state index in [2.05, 4.69) is 0 Å². The Morgan fingerprint density at radius 2 is 0.857 bits per heavy atom. The predicted octanol–water partition coefficient (Wildman–Crippen LogP) is 5.64. The number of nitrogens with zero attached hydrogens (tertiary/aromatic N) is 4. The zero-order valence-electron chi connectivity index (χ0n) is 17.2. The maximum Gasteiger partial charge on any atom is 0.318 e. The number of aromatic hydroxyl groups is 1. The minimum atomic E-state index is -0.858. The summed E-state index contributed by atoms with van der Waals surface area (Å²) in [5.74, 6) is -0.858. The van der Waals surface area contributed by atoms with Gasteiger partial charge in [-0.3, -0.25) is 40.5 Å². The molecule has 5 rings (SSSR count). The number of nitro benzene ring substituents is 4. The van der Waals surface area contributed by atoms with Crippen molar-refractivity contribution in [1.82, 2.24) is 0 Å². The van der Waals surface area contributed by atoms with Crippen LogP contribution in [-0.4, -0.2) is 24.8 Å². The molecule has 5 aromatic carbocycles. The van der Waals surface area contributed by atoms with Crippen molar-refractivity contribution in [2.75, 3.05) is 0 Å². The third kappa shape index (κ3) is 3.18. The molecule has 35 heavy (non-hydrogen) atoms. The van der Waals surface area contributed by atoms with Gasteiger partial charge in [0.05, 0.1) is 47.3 Å². The SMILES string of the molecule is O=[N+]([O-])c1ccc([N+](=O)[O-])c2cc3cc4cc5c([N+](=O)[O-])c(O)cc([N+](=O)[O-])c5cc4cc3cc12. The van der Waals surface area contributed by atoms with E-state index in [4.69, 9.17) is 0 Å². The summed E-state index contributed by atoms with van der Waals surface area (Å²) in [6.45, 7) is 0. The van der Waals surface area contributed by atoms with Crippen LogP contribution in [0.15, 0.2) is 54.6 Å². The summed E-state index contributed by atoms with van der Waals surface area (Å²) in [5, 5.41) is 57.8. The summed E-state index contributed by atoms with van der Waals surface area (Å²) in [6, 6.07) is 11.5. The molecule has 0 spiro atoms. The maximum atomic E-state index is 11.6. The van der Waals surface area contributed by atoms with E-state index in [0.29, 0.717) is 27.6 Å². The summed E-state index contributed by atoms with van der Waals surface area (Å²) in [7, 11) is 0. The molecule has 13 nitrogen and oxygen atoms in total. The van der Waals surface area contributed by atoms with Gasteiger partial charge in [-0.05, 0) is 57.9 Å². The number of non-ortho nitro benzene ring substituents is 3. The highest BCUT2D eigenvalue weighted by Crippen LogP contribution is 2.43. The summed E-state index contributed by atoms with van der Waals surface area (Å²) in [5.41, 5.74) is -1.89. The highest BCUT2D eigenvalue weighted by Gasteiger charge is 2.27. The summed E-state index contributed by atoms with van der Waals surface area (Å²) in [6.07, 6.45) is 0. The van der Waals surface area contributed by atoms with Crippen molar-refractivity contribution in [2.24, 2.45) is 0 Å². The third-order valence-electron chi connectivity index (χ3n) is 5.84. The van der Waals surface area contributed by atoms with Gasteiger partial charge in [0.15, 0.2) is 0 Å². The van der Waals surface area contributed by atoms with Crippen molar-refractivity contribution < 1.29 is 24.8 Å². The molecule has 0 aliphatic heterocycles. The normalized spacial score (nSPS) is 11.3. The van der Waals surface area contributed by atoms with Crippen molar-refractivity contribution in [1.29, 1.82) is 0 Å². The van der Waals surface area contributed by atoms with E-state index >= 15 is 0 Å². The second-order valence-electron chi connectivity index (χ2n) is 7.74. The van der Waals surface area contributed by atoms with Crippen molar-refractivity contribution in [2.45, 2.75) is 0 Å². The molecule has 1 N–H and O–H groups in total.